The molecule has 1 aromatic heterocycles. The van der Waals surface area contributed by atoms with Crippen LogP contribution in [0.4, 0.5) is 38.1 Å². The number of carbonyl (C=O) groups excluding carboxylic acids is 1. The molecule has 0 fully saturated rings. The van der Waals surface area contributed by atoms with Crippen LogP contribution in [0.1, 0.15) is 25.3 Å². The summed E-state index contributed by atoms with van der Waals surface area (Å²) in [5.41, 5.74) is 3.27. The van der Waals surface area contributed by atoms with Crippen LogP contribution in [0.5, 0.6) is 5.75 Å². The summed E-state index contributed by atoms with van der Waals surface area (Å²) >= 11 is 0. The molecule has 38 heavy (non-hydrogen) atoms. The van der Waals surface area contributed by atoms with Crippen molar-refractivity contribution in [2.75, 3.05) is 10.6 Å². The zero-order chi connectivity index (χ0) is 27.5. The van der Waals surface area contributed by atoms with E-state index in [1.807, 2.05) is 38.1 Å². The Kier molecular flexibility index (Phi) is 7.33. The Morgan fingerprint density at radius 3 is 2.18 bits per heavy atom. The van der Waals surface area contributed by atoms with Crippen LogP contribution < -0.4 is 15.4 Å². The van der Waals surface area contributed by atoms with Crippen molar-refractivity contribution in [3.8, 4) is 22.8 Å². The molecule has 4 aromatic rings. The van der Waals surface area contributed by atoms with E-state index in [1.165, 1.54) is 23.1 Å². The van der Waals surface area contributed by atoms with Crippen LogP contribution in [0.25, 0.3) is 17.1 Å². The molecule has 0 bridgehead atoms. The molecule has 0 radical (unpaired) electrons. The molecular weight excluding hydrogens is 509 g/mol. The Morgan fingerprint density at radius 2 is 1.55 bits per heavy atom. The number of halogens is 5. The van der Waals surface area contributed by atoms with Crippen molar-refractivity contribution in [1.82, 2.24) is 14.8 Å². The van der Waals surface area contributed by atoms with E-state index in [-0.39, 0.29) is 5.92 Å². The second-order valence-corrected chi connectivity index (χ2v) is 8.52. The number of para-hydroxylation sites is 1. The van der Waals surface area contributed by atoms with E-state index >= 15 is 0 Å². The molecule has 0 saturated heterocycles. The summed E-state index contributed by atoms with van der Waals surface area (Å²) in [6.07, 6.45) is -9.78. The average molecular weight is 531 g/mol. The first-order chi connectivity index (χ1) is 17.9. The second kappa shape index (κ2) is 10.5. The topological polar surface area (TPSA) is 81.1 Å². The van der Waals surface area contributed by atoms with Crippen molar-refractivity contribution >= 4 is 17.4 Å². The van der Waals surface area contributed by atoms with Crippen molar-refractivity contribution in [3.63, 3.8) is 0 Å². The summed E-state index contributed by atoms with van der Waals surface area (Å²) in [5.74, 6) is -0.0875. The maximum absolute atomic E-state index is 13.1. The predicted molar refractivity (Wildman–Crippen MR) is 132 cm³/mol. The van der Waals surface area contributed by atoms with Gasteiger partial charge in [-0.25, -0.2) is 14.5 Å². The number of rotatable bonds is 7. The van der Waals surface area contributed by atoms with Gasteiger partial charge in [0.2, 0.25) is 0 Å². The molecule has 0 aliphatic carbocycles. The minimum atomic E-state index is -5.83. The van der Waals surface area contributed by atoms with Crippen LogP contribution in [0.15, 0.2) is 79.1 Å². The Morgan fingerprint density at radius 1 is 0.895 bits per heavy atom. The highest BCUT2D eigenvalue weighted by Gasteiger charge is 2.61. The lowest BCUT2D eigenvalue weighted by Gasteiger charge is -2.20. The fourth-order valence-electron chi connectivity index (χ4n) is 3.49. The maximum Gasteiger partial charge on any atom is 0.499 e. The number of carbonyl (C=O) groups is 1. The number of nitrogens with one attached hydrogen (secondary N) is 2. The van der Waals surface area contributed by atoms with Gasteiger partial charge in [0.25, 0.3) is 0 Å². The van der Waals surface area contributed by atoms with Gasteiger partial charge < -0.3 is 15.4 Å². The molecular formula is C26H22F5N5O2. The number of aromatic nitrogens is 3. The average Bonchev–Trinajstić information content (AvgIpc) is 3.34. The molecule has 7 nitrogen and oxygen atoms in total. The lowest BCUT2D eigenvalue weighted by Crippen LogP contribution is -2.41. The molecule has 198 valence electrons. The zero-order valence-electron chi connectivity index (χ0n) is 20.1. The fourth-order valence-corrected chi connectivity index (χ4v) is 3.49. The van der Waals surface area contributed by atoms with Gasteiger partial charge in [-0.1, -0.05) is 32.0 Å². The van der Waals surface area contributed by atoms with E-state index in [1.54, 1.807) is 24.3 Å². The number of nitrogens with zero attached hydrogens (tertiary/aromatic N) is 3. The normalized spacial score (nSPS) is 11.9. The molecule has 0 spiro atoms. The number of benzene rings is 3. The van der Waals surface area contributed by atoms with E-state index in [9.17, 15) is 26.7 Å². The number of amides is 2. The lowest BCUT2D eigenvalue weighted by atomic mass is 10.0. The highest BCUT2D eigenvalue weighted by Crippen LogP contribution is 2.37. The molecule has 0 unspecified atom stereocenters. The van der Waals surface area contributed by atoms with Crippen molar-refractivity contribution < 1.29 is 31.5 Å². The van der Waals surface area contributed by atoms with Gasteiger partial charge in [0.15, 0.2) is 5.82 Å². The third kappa shape index (κ3) is 6.07. The smallest absolute Gasteiger partial charge is 0.426 e. The molecule has 2 amide bonds. The number of hydrogen-bond acceptors (Lipinski definition) is 4. The van der Waals surface area contributed by atoms with Crippen molar-refractivity contribution in [2.45, 2.75) is 32.1 Å². The largest absolute Gasteiger partial charge is 0.499 e. The third-order valence-electron chi connectivity index (χ3n) is 5.40. The minimum absolute atomic E-state index is 0.239. The van der Waals surface area contributed by atoms with E-state index in [0.29, 0.717) is 22.8 Å². The van der Waals surface area contributed by atoms with Crippen LogP contribution in [0, 0.1) is 0 Å². The van der Waals surface area contributed by atoms with Crippen LogP contribution in [0.3, 0.4) is 0 Å². The molecule has 3 aromatic carbocycles. The molecule has 0 aliphatic rings. The summed E-state index contributed by atoms with van der Waals surface area (Å²) in [4.78, 5) is 16.7. The minimum Gasteiger partial charge on any atom is -0.426 e. The van der Waals surface area contributed by atoms with Gasteiger partial charge in [-0.2, -0.15) is 22.0 Å². The van der Waals surface area contributed by atoms with Crippen LogP contribution >= 0.6 is 0 Å². The summed E-state index contributed by atoms with van der Waals surface area (Å²) in [6, 6.07) is 18.4. The first-order valence-electron chi connectivity index (χ1n) is 11.4. The number of hydrogen-bond donors (Lipinski definition) is 2. The summed E-state index contributed by atoms with van der Waals surface area (Å²) in [6.45, 7) is 4.08. The highest BCUT2D eigenvalue weighted by molar-refractivity contribution is 6.00. The van der Waals surface area contributed by atoms with Gasteiger partial charge in [0.05, 0.1) is 5.69 Å². The van der Waals surface area contributed by atoms with Gasteiger partial charge >= 0.3 is 18.3 Å². The molecule has 0 atom stereocenters. The lowest BCUT2D eigenvalue weighted by molar-refractivity contribution is -0.360. The molecule has 4 rings (SSSR count). The number of anilines is 2. The van der Waals surface area contributed by atoms with Gasteiger partial charge in [-0.15, -0.1) is 5.10 Å². The number of urea groups is 1. The maximum atomic E-state index is 13.1. The monoisotopic (exact) mass is 531 g/mol. The highest BCUT2D eigenvalue weighted by atomic mass is 19.4. The SMILES string of the molecule is CC(C)c1ccccc1NC(=O)Nc1ccc(-c2ncn(-c3ccc(OC(F)(F)C(F)(F)F)cc3)n2)cc1. The first kappa shape index (κ1) is 26.6. The quantitative estimate of drug-likeness (QED) is 0.247. The Balaban J connectivity index is 1.40. The molecule has 0 saturated carbocycles. The van der Waals surface area contributed by atoms with Gasteiger partial charge in [-0.3, -0.25) is 0 Å². The van der Waals surface area contributed by atoms with E-state index in [2.05, 4.69) is 25.5 Å². The summed E-state index contributed by atoms with van der Waals surface area (Å²) < 4.78 is 68.2. The predicted octanol–water partition coefficient (Wildman–Crippen LogP) is 7.24. The van der Waals surface area contributed by atoms with Crippen LogP contribution in [-0.4, -0.2) is 33.1 Å². The fraction of sp³-hybridized carbons (Fsp3) is 0.192. The Labute approximate surface area is 214 Å². The van der Waals surface area contributed by atoms with E-state index in [4.69, 9.17) is 0 Å². The Hall–Kier alpha value is -4.48. The molecule has 1 heterocycles. The molecule has 12 heteroatoms. The van der Waals surface area contributed by atoms with Crippen molar-refractivity contribution in [3.05, 3.63) is 84.7 Å². The van der Waals surface area contributed by atoms with Gasteiger partial charge in [-0.05, 0) is 66.1 Å². The van der Waals surface area contributed by atoms with E-state index in [0.717, 1.165) is 23.4 Å². The third-order valence-corrected chi connectivity index (χ3v) is 5.40. The van der Waals surface area contributed by atoms with Crippen LogP contribution in [-0.2, 0) is 0 Å². The molecule has 2 N–H and O–H groups in total. The first-order valence-corrected chi connectivity index (χ1v) is 11.4. The zero-order valence-corrected chi connectivity index (χ0v) is 20.1. The van der Waals surface area contributed by atoms with Crippen LogP contribution in [0.2, 0.25) is 0 Å². The van der Waals surface area contributed by atoms with Gasteiger partial charge in [0, 0.05) is 16.9 Å². The standard InChI is InChI=1S/C26H22F5N5O2/c1-16(2)21-5-3-4-6-22(21)34-24(37)33-18-9-7-17(8-10-18)23-32-15-36(35-23)19-11-13-20(14-12-19)38-26(30,31)25(27,28)29/h3-16H,1-2H3,(H2,33,34,37). The van der Waals surface area contributed by atoms with Crippen molar-refractivity contribution in [1.29, 1.82) is 0 Å². The Bertz CT molecular complexity index is 1400. The van der Waals surface area contributed by atoms with Crippen molar-refractivity contribution in [2.24, 2.45) is 0 Å². The summed E-state index contributed by atoms with van der Waals surface area (Å²) in [5, 5.41) is 9.92. The number of ether oxygens (including phenoxy) is 1. The van der Waals surface area contributed by atoms with Gasteiger partial charge in [0.1, 0.15) is 12.1 Å². The molecule has 0 aliphatic heterocycles. The summed E-state index contributed by atoms with van der Waals surface area (Å²) in [7, 11) is 0. The number of alkyl halides is 5. The second-order valence-electron chi connectivity index (χ2n) is 8.52. The van der Waals surface area contributed by atoms with E-state index < -0.39 is 24.1 Å².